The van der Waals surface area contributed by atoms with E-state index in [0.717, 1.165) is 38.5 Å². The second kappa shape index (κ2) is 11.9. The second-order valence-electron chi connectivity index (χ2n) is 17.6. The van der Waals surface area contributed by atoms with E-state index in [9.17, 15) is 14.4 Å². The van der Waals surface area contributed by atoms with E-state index in [2.05, 4.69) is 59.3 Å². The van der Waals surface area contributed by atoms with Crippen LogP contribution in [0.5, 0.6) is 0 Å². The average Bonchev–Trinajstić information content (AvgIpc) is 3.37. The summed E-state index contributed by atoms with van der Waals surface area (Å²) in [6.45, 7) is 18.8. The maximum Gasteiger partial charge on any atom is 0.302 e. The lowest BCUT2D eigenvalue weighted by Crippen LogP contribution is -2.65. The number of hydrogen-bond acceptors (Lipinski definition) is 4. The molecular weight excluding hydrogens is 608 g/mol. The van der Waals surface area contributed by atoms with Gasteiger partial charge in [0.1, 0.15) is 6.10 Å². The number of halogens is 1. The summed E-state index contributed by atoms with van der Waals surface area (Å²) in [4.78, 5) is 38.4. The van der Waals surface area contributed by atoms with E-state index in [1.807, 2.05) is 0 Å². The van der Waals surface area contributed by atoms with Gasteiger partial charge in [0.05, 0.1) is 0 Å². The minimum Gasteiger partial charge on any atom is -0.462 e. The summed E-state index contributed by atoms with van der Waals surface area (Å²) in [5.41, 5.74) is 9.44. The van der Waals surface area contributed by atoms with E-state index in [4.69, 9.17) is 16.3 Å². The summed E-state index contributed by atoms with van der Waals surface area (Å²) in [6, 6.07) is 6.68. The van der Waals surface area contributed by atoms with Gasteiger partial charge in [-0.1, -0.05) is 71.2 Å². The second-order valence-corrected chi connectivity index (χ2v) is 18.1. The first-order valence-corrected chi connectivity index (χ1v) is 18.6. The van der Waals surface area contributed by atoms with Gasteiger partial charge in [-0.15, -0.1) is 0 Å². The highest BCUT2D eigenvalue weighted by Crippen LogP contribution is 2.77. The van der Waals surface area contributed by atoms with Gasteiger partial charge >= 0.3 is 5.97 Å². The molecule has 0 unspecified atom stereocenters. The Balaban J connectivity index is 1.26. The summed E-state index contributed by atoms with van der Waals surface area (Å²) in [5, 5.41) is 0.566. The van der Waals surface area contributed by atoms with Gasteiger partial charge in [0.25, 0.3) is 5.91 Å². The van der Waals surface area contributed by atoms with E-state index < -0.39 is 0 Å². The molecule has 0 saturated heterocycles. The highest BCUT2D eigenvalue weighted by Gasteiger charge is 2.69. The highest BCUT2D eigenvalue weighted by atomic mass is 35.5. The van der Waals surface area contributed by atoms with Crippen molar-refractivity contribution in [1.29, 1.82) is 0 Å². The average molecular weight is 665 g/mol. The van der Waals surface area contributed by atoms with Crippen LogP contribution in [0.1, 0.15) is 136 Å². The Kier molecular flexibility index (Phi) is 8.75. The van der Waals surface area contributed by atoms with Crippen molar-refractivity contribution in [2.24, 2.45) is 50.7 Å². The fraction of sp³-hybridized carbons (Fsp3) is 0.725. The van der Waals surface area contributed by atoms with Gasteiger partial charge < -0.3 is 4.74 Å². The zero-order valence-corrected chi connectivity index (χ0v) is 30.7. The van der Waals surface area contributed by atoms with Gasteiger partial charge in [0, 0.05) is 34.8 Å². The number of carbonyl (C=O) groups is 3. The first-order chi connectivity index (χ1) is 22.0. The van der Waals surface area contributed by atoms with Crippen LogP contribution in [0.2, 0.25) is 5.02 Å². The van der Waals surface area contributed by atoms with Gasteiger partial charge in [0.2, 0.25) is 5.91 Å². The molecule has 1 aromatic rings. The van der Waals surface area contributed by atoms with Crippen molar-refractivity contribution in [3.8, 4) is 0 Å². The molecule has 7 heteroatoms. The Morgan fingerprint density at radius 1 is 0.851 bits per heavy atom. The number of hydrazine groups is 1. The van der Waals surface area contributed by atoms with Crippen LogP contribution in [0, 0.1) is 50.7 Å². The highest BCUT2D eigenvalue weighted by molar-refractivity contribution is 6.30. The van der Waals surface area contributed by atoms with E-state index in [-0.39, 0.29) is 51.0 Å². The molecule has 1 aromatic carbocycles. The van der Waals surface area contributed by atoms with Crippen molar-refractivity contribution >= 4 is 29.4 Å². The van der Waals surface area contributed by atoms with Crippen LogP contribution in [0.4, 0.5) is 0 Å². The smallest absolute Gasteiger partial charge is 0.302 e. The van der Waals surface area contributed by atoms with Crippen LogP contribution in [0.25, 0.3) is 0 Å². The predicted octanol–water partition coefficient (Wildman–Crippen LogP) is 9.22. The summed E-state index contributed by atoms with van der Waals surface area (Å²) in [5.74, 6) is 1.47. The molecule has 0 radical (unpaired) electrons. The quantitative estimate of drug-likeness (QED) is 0.187. The van der Waals surface area contributed by atoms with Crippen molar-refractivity contribution in [2.75, 3.05) is 0 Å². The van der Waals surface area contributed by atoms with Gasteiger partial charge in [-0.05, 0) is 128 Å². The van der Waals surface area contributed by atoms with Crippen LogP contribution in [0.15, 0.2) is 35.4 Å². The fourth-order valence-corrected chi connectivity index (χ4v) is 12.7. The molecule has 258 valence electrons. The molecule has 8 atom stereocenters. The summed E-state index contributed by atoms with van der Waals surface area (Å²) >= 11 is 5.99. The molecule has 5 aliphatic carbocycles. The normalized spacial score (nSPS) is 38.9. The van der Waals surface area contributed by atoms with Crippen molar-refractivity contribution in [2.45, 2.75) is 132 Å². The Labute approximate surface area is 287 Å². The standard InChI is InChI=1S/C40H57ClN2O4/c1-24(2)28-15-20-40(23-33(45)42-43-35(46)26-9-11-27(41)12-10-26)22-21-38(7)29(34(28)40)13-14-31-37(6)18-17-32(47-25(3)44)36(4,5)30(37)16-19-39(31,38)8/h9-12,24,29-32H,13-23H2,1-8H3,(H,42,45)(H,43,46)/t29-,30+,31-,32+,37+,38-,39-,40-/m1/s1. The van der Waals surface area contributed by atoms with Crippen LogP contribution < -0.4 is 10.9 Å². The fourth-order valence-electron chi connectivity index (χ4n) is 12.6. The van der Waals surface area contributed by atoms with E-state index in [1.54, 1.807) is 42.3 Å². The molecule has 6 rings (SSSR count). The molecule has 0 spiro atoms. The van der Waals surface area contributed by atoms with Crippen LogP contribution in [0.3, 0.4) is 0 Å². The molecule has 2 N–H and O–H groups in total. The topological polar surface area (TPSA) is 84.5 Å². The lowest BCUT2D eigenvalue weighted by atomic mass is 9.33. The lowest BCUT2D eigenvalue weighted by Gasteiger charge is -2.72. The van der Waals surface area contributed by atoms with Gasteiger partial charge in [0.15, 0.2) is 0 Å². The number of ether oxygens (including phenoxy) is 1. The number of rotatable bonds is 5. The third-order valence-corrected chi connectivity index (χ3v) is 15.2. The van der Waals surface area contributed by atoms with Gasteiger partial charge in [-0.25, -0.2) is 0 Å². The minimum atomic E-state index is -0.339. The molecule has 0 bridgehead atoms. The maximum atomic E-state index is 13.6. The Morgan fingerprint density at radius 3 is 2.21 bits per heavy atom. The monoisotopic (exact) mass is 664 g/mol. The molecule has 4 saturated carbocycles. The van der Waals surface area contributed by atoms with Crippen molar-refractivity contribution in [3.05, 3.63) is 46.0 Å². The molecule has 5 aliphatic rings. The number of nitrogens with one attached hydrogen (secondary N) is 2. The van der Waals surface area contributed by atoms with E-state index >= 15 is 0 Å². The van der Waals surface area contributed by atoms with Crippen LogP contribution in [-0.4, -0.2) is 23.9 Å². The molecule has 0 heterocycles. The van der Waals surface area contributed by atoms with Crippen molar-refractivity contribution in [3.63, 3.8) is 0 Å². The summed E-state index contributed by atoms with van der Waals surface area (Å²) in [7, 11) is 0. The zero-order chi connectivity index (χ0) is 34.2. The third-order valence-electron chi connectivity index (χ3n) is 15.0. The first kappa shape index (κ1) is 34.5. The summed E-state index contributed by atoms with van der Waals surface area (Å²) in [6.07, 6.45) is 11.5. The first-order valence-electron chi connectivity index (χ1n) is 18.2. The number of fused-ring (bicyclic) bond motifs is 7. The SMILES string of the molecule is CC(=O)O[C@H]1CC[C@]2(C)[C@H]3CC[C@@H]4C5=C(C(C)C)CC[C@]5(CC(=O)NNC(=O)c5ccc(Cl)cc5)CC[C@@]4(C)[C@]3(C)CC[C@H]2C1(C)C. The molecule has 47 heavy (non-hydrogen) atoms. The zero-order valence-electron chi connectivity index (χ0n) is 30.0. The molecule has 4 fully saturated rings. The predicted molar refractivity (Wildman–Crippen MR) is 186 cm³/mol. The Hall–Kier alpha value is -2.34. The van der Waals surface area contributed by atoms with Gasteiger partial charge in [-0.2, -0.15) is 0 Å². The van der Waals surface area contributed by atoms with Crippen molar-refractivity contribution < 1.29 is 19.1 Å². The number of carbonyl (C=O) groups excluding carboxylic acids is 3. The van der Waals surface area contributed by atoms with E-state index in [1.165, 1.54) is 25.7 Å². The number of esters is 1. The molecule has 0 aliphatic heterocycles. The minimum absolute atomic E-state index is 0.0102. The Bertz CT molecular complexity index is 1470. The number of amides is 2. The van der Waals surface area contributed by atoms with Crippen LogP contribution >= 0.6 is 11.6 Å². The molecular formula is C40H57ClN2O4. The van der Waals surface area contributed by atoms with Gasteiger partial charge in [-0.3, -0.25) is 25.2 Å². The van der Waals surface area contributed by atoms with Crippen LogP contribution in [-0.2, 0) is 14.3 Å². The molecule has 6 nitrogen and oxygen atoms in total. The Morgan fingerprint density at radius 2 is 1.55 bits per heavy atom. The number of allylic oxidation sites excluding steroid dienone is 2. The number of hydrogen-bond donors (Lipinski definition) is 2. The van der Waals surface area contributed by atoms with Crippen molar-refractivity contribution in [1.82, 2.24) is 10.9 Å². The number of benzene rings is 1. The largest absolute Gasteiger partial charge is 0.462 e. The van der Waals surface area contributed by atoms with E-state index in [0.29, 0.717) is 40.7 Å². The maximum absolute atomic E-state index is 13.6. The third kappa shape index (κ3) is 5.38. The molecule has 2 amide bonds. The summed E-state index contributed by atoms with van der Waals surface area (Å²) < 4.78 is 5.94. The molecule has 0 aromatic heterocycles. The lowest BCUT2D eigenvalue weighted by molar-refractivity contribution is -0.232.